The molecule has 0 aliphatic heterocycles. The van der Waals surface area contributed by atoms with Crippen molar-refractivity contribution in [2.75, 3.05) is 26.8 Å². The lowest BCUT2D eigenvalue weighted by Crippen LogP contribution is -2.32. The van der Waals surface area contributed by atoms with Crippen LogP contribution in [0.4, 0.5) is 0 Å². The Morgan fingerprint density at radius 3 is 2.80 bits per heavy atom. The Balaban J connectivity index is 2.36. The summed E-state index contributed by atoms with van der Waals surface area (Å²) in [7, 11) is 1.75. The number of hydrogen-bond donors (Lipinski definition) is 1. The lowest BCUT2D eigenvalue weighted by atomic mass is 10.2. The predicted octanol–water partition coefficient (Wildman–Crippen LogP) is 2.65. The Bertz CT molecular complexity index is 437. The number of likely N-dealkylation sites (N-methyl/N-ethyl adjacent to an activating group) is 1. The summed E-state index contributed by atoms with van der Waals surface area (Å²) in [5, 5.41) is 9.19. The van der Waals surface area contributed by atoms with Gasteiger partial charge in [-0.25, -0.2) is 0 Å². The highest BCUT2D eigenvalue weighted by molar-refractivity contribution is 6.32. The van der Waals surface area contributed by atoms with Crippen LogP contribution in [0.2, 0.25) is 5.02 Å². The molecule has 4 nitrogen and oxygen atoms in total. The SMILES string of the molecule is Cc1ccc(Cl)c(OCC(=O)N(C)CCCCCO)c1. The molecule has 20 heavy (non-hydrogen) atoms. The Kier molecular flexibility index (Phi) is 7.41. The molecule has 0 spiro atoms. The molecule has 1 aromatic carbocycles. The Hall–Kier alpha value is -1.26. The minimum atomic E-state index is -0.0772. The number of unbranched alkanes of at least 4 members (excludes halogenated alkanes) is 2. The summed E-state index contributed by atoms with van der Waals surface area (Å²) in [6, 6.07) is 5.47. The van der Waals surface area contributed by atoms with E-state index in [9.17, 15) is 4.79 Å². The molecule has 0 unspecified atom stereocenters. The number of rotatable bonds is 8. The first-order valence-electron chi connectivity index (χ1n) is 6.78. The van der Waals surface area contributed by atoms with E-state index in [1.165, 1.54) is 0 Å². The fourth-order valence-corrected chi connectivity index (χ4v) is 1.91. The highest BCUT2D eigenvalue weighted by Gasteiger charge is 2.10. The molecule has 1 rings (SSSR count). The average molecular weight is 300 g/mol. The van der Waals surface area contributed by atoms with Gasteiger partial charge >= 0.3 is 0 Å². The van der Waals surface area contributed by atoms with Gasteiger partial charge in [0.25, 0.3) is 5.91 Å². The number of aryl methyl sites for hydroxylation is 1. The number of aliphatic hydroxyl groups is 1. The number of hydrogen-bond acceptors (Lipinski definition) is 3. The number of ether oxygens (including phenoxy) is 1. The van der Waals surface area contributed by atoms with Gasteiger partial charge in [-0.15, -0.1) is 0 Å². The molecule has 0 aliphatic rings. The van der Waals surface area contributed by atoms with Gasteiger partial charge in [0.05, 0.1) is 5.02 Å². The summed E-state index contributed by atoms with van der Waals surface area (Å²) in [6.45, 7) is 2.80. The maximum Gasteiger partial charge on any atom is 0.260 e. The van der Waals surface area contributed by atoms with Crippen LogP contribution in [0, 0.1) is 6.92 Å². The van der Waals surface area contributed by atoms with Gasteiger partial charge in [-0.2, -0.15) is 0 Å². The fraction of sp³-hybridized carbons (Fsp3) is 0.533. The highest BCUT2D eigenvalue weighted by Crippen LogP contribution is 2.25. The second-order valence-electron chi connectivity index (χ2n) is 4.82. The topological polar surface area (TPSA) is 49.8 Å². The van der Waals surface area contributed by atoms with Crippen molar-refractivity contribution in [1.82, 2.24) is 4.90 Å². The number of amides is 1. The quantitative estimate of drug-likeness (QED) is 0.751. The lowest BCUT2D eigenvalue weighted by Gasteiger charge is -2.17. The summed E-state index contributed by atoms with van der Waals surface area (Å²) in [5.41, 5.74) is 1.04. The van der Waals surface area contributed by atoms with Gasteiger partial charge in [-0.1, -0.05) is 17.7 Å². The van der Waals surface area contributed by atoms with Crippen molar-refractivity contribution in [1.29, 1.82) is 0 Å². The minimum absolute atomic E-state index is 0.0142. The molecule has 0 saturated heterocycles. The Labute approximate surface area is 125 Å². The lowest BCUT2D eigenvalue weighted by molar-refractivity contribution is -0.132. The van der Waals surface area contributed by atoms with E-state index < -0.39 is 0 Å². The summed E-state index contributed by atoms with van der Waals surface area (Å²) in [6.07, 6.45) is 2.57. The van der Waals surface area contributed by atoms with E-state index in [0.29, 0.717) is 17.3 Å². The standard InChI is InChI=1S/C15H22ClNO3/c1-12-6-7-13(16)14(10-12)20-11-15(19)17(2)8-4-3-5-9-18/h6-7,10,18H,3-5,8-9,11H2,1-2H3. The largest absolute Gasteiger partial charge is 0.482 e. The second kappa shape index (κ2) is 8.82. The van der Waals surface area contributed by atoms with Crippen LogP contribution in [-0.4, -0.2) is 42.7 Å². The Morgan fingerprint density at radius 2 is 2.10 bits per heavy atom. The third kappa shape index (κ3) is 5.80. The maximum absolute atomic E-state index is 11.9. The summed E-state index contributed by atoms with van der Waals surface area (Å²) in [4.78, 5) is 13.5. The van der Waals surface area contributed by atoms with Gasteiger partial charge in [0, 0.05) is 20.2 Å². The summed E-state index contributed by atoms with van der Waals surface area (Å²) < 4.78 is 5.46. The van der Waals surface area contributed by atoms with Crippen LogP contribution in [0.5, 0.6) is 5.75 Å². The first-order valence-corrected chi connectivity index (χ1v) is 7.16. The van der Waals surface area contributed by atoms with Crippen LogP contribution in [-0.2, 0) is 4.79 Å². The smallest absolute Gasteiger partial charge is 0.260 e. The molecular formula is C15H22ClNO3. The molecule has 1 aromatic rings. The third-order valence-corrected chi connectivity index (χ3v) is 3.33. The molecule has 0 saturated carbocycles. The average Bonchev–Trinajstić information content (AvgIpc) is 2.44. The van der Waals surface area contributed by atoms with Crippen molar-refractivity contribution in [3.63, 3.8) is 0 Å². The second-order valence-corrected chi connectivity index (χ2v) is 5.23. The molecule has 5 heteroatoms. The highest BCUT2D eigenvalue weighted by atomic mass is 35.5. The van der Waals surface area contributed by atoms with Crippen molar-refractivity contribution in [2.24, 2.45) is 0 Å². The number of carbonyl (C=O) groups excluding carboxylic acids is 1. The maximum atomic E-state index is 11.9. The molecule has 0 atom stereocenters. The molecular weight excluding hydrogens is 278 g/mol. The van der Waals surface area contributed by atoms with Crippen LogP contribution < -0.4 is 4.74 Å². The monoisotopic (exact) mass is 299 g/mol. The molecule has 0 bridgehead atoms. The molecule has 0 fully saturated rings. The van der Waals surface area contributed by atoms with Gasteiger partial charge < -0.3 is 14.7 Å². The normalized spacial score (nSPS) is 10.4. The van der Waals surface area contributed by atoms with Crippen molar-refractivity contribution in [2.45, 2.75) is 26.2 Å². The van der Waals surface area contributed by atoms with Crippen molar-refractivity contribution >= 4 is 17.5 Å². The van der Waals surface area contributed by atoms with Gasteiger partial charge in [-0.3, -0.25) is 4.79 Å². The van der Waals surface area contributed by atoms with Crippen LogP contribution >= 0.6 is 11.6 Å². The van der Waals surface area contributed by atoms with E-state index in [1.54, 1.807) is 18.0 Å². The van der Waals surface area contributed by atoms with Crippen molar-refractivity contribution < 1.29 is 14.6 Å². The van der Waals surface area contributed by atoms with Gasteiger partial charge in [0.15, 0.2) is 6.61 Å². The molecule has 1 amide bonds. The van der Waals surface area contributed by atoms with E-state index in [4.69, 9.17) is 21.4 Å². The molecule has 0 aromatic heterocycles. The summed E-state index contributed by atoms with van der Waals surface area (Å²) in [5.74, 6) is 0.459. The van der Waals surface area contributed by atoms with E-state index in [0.717, 1.165) is 24.8 Å². The van der Waals surface area contributed by atoms with E-state index in [1.807, 2.05) is 19.1 Å². The third-order valence-electron chi connectivity index (χ3n) is 3.02. The molecule has 112 valence electrons. The van der Waals surface area contributed by atoms with Crippen LogP contribution in [0.1, 0.15) is 24.8 Å². The zero-order chi connectivity index (χ0) is 15.0. The van der Waals surface area contributed by atoms with E-state index in [-0.39, 0.29) is 19.1 Å². The van der Waals surface area contributed by atoms with Crippen LogP contribution in [0.25, 0.3) is 0 Å². The minimum Gasteiger partial charge on any atom is -0.482 e. The van der Waals surface area contributed by atoms with E-state index in [2.05, 4.69) is 0 Å². The van der Waals surface area contributed by atoms with Crippen LogP contribution in [0.3, 0.4) is 0 Å². The van der Waals surface area contributed by atoms with Crippen LogP contribution in [0.15, 0.2) is 18.2 Å². The first kappa shape index (κ1) is 16.8. The van der Waals surface area contributed by atoms with Gasteiger partial charge in [0.1, 0.15) is 5.75 Å². The number of carbonyl (C=O) groups is 1. The number of halogens is 1. The number of benzene rings is 1. The number of nitrogens with zero attached hydrogens (tertiary/aromatic N) is 1. The van der Waals surface area contributed by atoms with Crippen molar-refractivity contribution in [3.8, 4) is 5.75 Å². The molecule has 1 N–H and O–H groups in total. The molecule has 0 radical (unpaired) electrons. The van der Waals surface area contributed by atoms with Gasteiger partial charge in [0.2, 0.25) is 0 Å². The first-order chi connectivity index (χ1) is 9.54. The fourth-order valence-electron chi connectivity index (χ4n) is 1.73. The zero-order valence-corrected chi connectivity index (χ0v) is 12.8. The number of aliphatic hydroxyl groups excluding tert-OH is 1. The molecule has 0 heterocycles. The predicted molar refractivity (Wildman–Crippen MR) is 80.3 cm³/mol. The van der Waals surface area contributed by atoms with Gasteiger partial charge in [-0.05, 0) is 43.9 Å². The van der Waals surface area contributed by atoms with E-state index >= 15 is 0 Å². The molecule has 0 aliphatic carbocycles. The van der Waals surface area contributed by atoms with Crippen molar-refractivity contribution in [3.05, 3.63) is 28.8 Å². The Morgan fingerprint density at radius 1 is 1.35 bits per heavy atom. The summed E-state index contributed by atoms with van der Waals surface area (Å²) >= 11 is 6.00. The zero-order valence-electron chi connectivity index (χ0n) is 12.1.